The Morgan fingerprint density at radius 1 is 1.50 bits per heavy atom. The lowest BCUT2D eigenvalue weighted by Gasteiger charge is -1.99. The predicted octanol–water partition coefficient (Wildman–Crippen LogP) is 1.92. The molecule has 18 heavy (non-hydrogen) atoms. The number of rotatable bonds is 4. The molecule has 2 rings (SSSR count). The fraction of sp³-hybridized carbons (Fsp3) is 0.250. The van der Waals surface area contributed by atoms with Crippen LogP contribution < -0.4 is 4.74 Å². The summed E-state index contributed by atoms with van der Waals surface area (Å²) in [7, 11) is 1.52. The molecule has 0 aromatic carbocycles. The molecule has 0 aliphatic rings. The van der Waals surface area contributed by atoms with Crippen LogP contribution in [0.2, 0.25) is 0 Å². The van der Waals surface area contributed by atoms with Crippen LogP contribution in [-0.2, 0) is 4.74 Å². The van der Waals surface area contributed by atoms with Gasteiger partial charge >= 0.3 is 5.97 Å². The van der Waals surface area contributed by atoms with Crippen molar-refractivity contribution in [2.24, 2.45) is 0 Å². The Balaban J connectivity index is 2.26. The molecule has 0 radical (unpaired) electrons. The second-order valence-electron chi connectivity index (χ2n) is 3.35. The summed E-state index contributed by atoms with van der Waals surface area (Å²) in [5, 5.41) is 0. The maximum atomic E-state index is 11.4. The van der Waals surface area contributed by atoms with Crippen molar-refractivity contribution in [1.29, 1.82) is 0 Å². The van der Waals surface area contributed by atoms with Crippen LogP contribution in [0.5, 0.6) is 5.88 Å². The number of hydrogen-bond donors (Lipinski definition) is 0. The SMILES string of the molecule is CCOC(=O)c1coc(-c2ccnc(OC)c2)n1. The first-order valence-electron chi connectivity index (χ1n) is 5.37. The van der Waals surface area contributed by atoms with Crippen molar-refractivity contribution < 1.29 is 18.7 Å². The molecule has 94 valence electrons. The molecule has 0 spiro atoms. The highest BCUT2D eigenvalue weighted by molar-refractivity contribution is 5.87. The minimum Gasteiger partial charge on any atom is -0.481 e. The van der Waals surface area contributed by atoms with Gasteiger partial charge in [0.1, 0.15) is 6.26 Å². The Hall–Kier alpha value is -2.37. The molecule has 0 amide bonds. The van der Waals surface area contributed by atoms with E-state index in [1.807, 2.05) is 0 Å². The van der Waals surface area contributed by atoms with Crippen LogP contribution in [0.1, 0.15) is 17.4 Å². The molecule has 0 bridgehead atoms. The first kappa shape index (κ1) is 12.1. The highest BCUT2D eigenvalue weighted by atomic mass is 16.5. The smallest absolute Gasteiger partial charge is 0.360 e. The van der Waals surface area contributed by atoms with Crippen LogP contribution in [0.3, 0.4) is 0 Å². The molecular formula is C12H12N2O4. The quantitative estimate of drug-likeness (QED) is 0.769. The van der Waals surface area contributed by atoms with Gasteiger partial charge in [-0.1, -0.05) is 0 Å². The summed E-state index contributed by atoms with van der Waals surface area (Å²) in [6.45, 7) is 2.02. The minimum absolute atomic E-state index is 0.141. The van der Waals surface area contributed by atoms with E-state index in [2.05, 4.69) is 9.97 Å². The second-order valence-corrected chi connectivity index (χ2v) is 3.35. The first-order valence-corrected chi connectivity index (χ1v) is 5.37. The van der Waals surface area contributed by atoms with Crippen molar-refractivity contribution in [1.82, 2.24) is 9.97 Å². The standard InChI is InChI=1S/C12H12N2O4/c1-3-17-12(15)9-7-18-11(14-9)8-4-5-13-10(6-8)16-2/h4-7H,3H2,1-2H3. The molecular weight excluding hydrogens is 236 g/mol. The third-order valence-corrected chi connectivity index (χ3v) is 2.18. The largest absolute Gasteiger partial charge is 0.481 e. The third kappa shape index (κ3) is 2.48. The van der Waals surface area contributed by atoms with Crippen molar-refractivity contribution in [3.8, 4) is 17.3 Å². The summed E-state index contributed by atoms with van der Waals surface area (Å²) < 4.78 is 15.0. The Kier molecular flexibility index (Phi) is 3.57. The molecule has 0 atom stereocenters. The van der Waals surface area contributed by atoms with Gasteiger partial charge < -0.3 is 13.9 Å². The average Bonchev–Trinajstić information content (AvgIpc) is 2.89. The molecule has 0 fully saturated rings. The Morgan fingerprint density at radius 2 is 2.33 bits per heavy atom. The molecule has 2 aromatic rings. The van der Waals surface area contributed by atoms with E-state index in [-0.39, 0.29) is 5.69 Å². The summed E-state index contributed by atoms with van der Waals surface area (Å²) in [5.74, 6) is 0.260. The van der Waals surface area contributed by atoms with Gasteiger partial charge in [-0.2, -0.15) is 0 Å². The summed E-state index contributed by atoms with van der Waals surface area (Å²) in [6, 6.07) is 3.38. The van der Waals surface area contributed by atoms with Gasteiger partial charge in [0.25, 0.3) is 0 Å². The molecule has 6 nitrogen and oxygen atoms in total. The van der Waals surface area contributed by atoms with Gasteiger partial charge in [0.2, 0.25) is 11.8 Å². The highest BCUT2D eigenvalue weighted by Gasteiger charge is 2.14. The number of esters is 1. The van der Waals surface area contributed by atoms with Crippen LogP contribution in [0, 0.1) is 0 Å². The third-order valence-electron chi connectivity index (χ3n) is 2.18. The molecule has 6 heteroatoms. The van der Waals surface area contributed by atoms with Crippen molar-refractivity contribution in [2.75, 3.05) is 13.7 Å². The first-order chi connectivity index (χ1) is 8.74. The van der Waals surface area contributed by atoms with Crippen molar-refractivity contribution in [3.63, 3.8) is 0 Å². The average molecular weight is 248 g/mol. The predicted molar refractivity (Wildman–Crippen MR) is 62.2 cm³/mol. The number of pyridine rings is 1. The van der Waals surface area contributed by atoms with Crippen LogP contribution >= 0.6 is 0 Å². The van der Waals surface area contributed by atoms with Gasteiger partial charge in [0.15, 0.2) is 5.69 Å². The maximum absolute atomic E-state index is 11.4. The molecule has 0 saturated heterocycles. The number of hydrogen-bond acceptors (Lipinski definition) is 6. The molecule has 2 aromatic heterocycles. The van der Waals surface area contributed by atoms with Crippen LogP contribution in [0.15, 0.2) is 29.0 Å². The van der Waals surface area contributed by atoms with E-state index >= 15 is 0 Å². The van der Waals surface area contributed by atoms with Gasteiger partial charge in [0.05, 0.1) is 13.7 Å². The van der Waals surface area contributed by atoms with Crippen molar-refractivity contribution in [2.45, 2.75) is 6.92 Å². The molecule has 0 aliphatic carbocycles. The van der Waals surface area contributed by atoms with E-state index in [9.17, 15) is 4.79 Å². The number of carbonyl (C=O) groups is 1. The lowest BCUT2D eigenvalue weighted by atomic mass is 10.2. The van der Waals surface area contributed by atoms with E-state index in [0.29, 0.717) is 23.9 Å². The number of carbonyl (C=O) groups excluding carboxylic acids is 1. The number of aromatic nitrogens is 2. The Morgan fingerprint density at radius 3 is 3.06 bits per heavy atom. The lowest BCUT2D eigenvalue weighted by molar-refractivity contribution is 0.0519. The minimum atomic E-state index is -0.506. The van der Waals surface area contributed by atoms with Gasteiger partial charge in [-0.15, -0.1) is 0 Å². The van der Waals surface area contributed by atoms with E-state index in [4.69, 9.17) is 13.9 Å². The number of oxazole rings is 1. The van der Waals surface area contributed by atoms with E-state index in [1.165, 1.54) is 13.4 Å². The molecule has 0 unspecified atom stereocenters. The molecule has 0 N–H and O–H groups in total. The fourth-order valence-corrected chi connectivity index (χ4v) is 1.36. The maximum Gasteiger partial charge on any atom is 0.360 e. The van der Waals surface area contributed by atoms with E-state index < -0.39 is 5.97 Å². The zero-order valence-electron chi connectivity index (χ0n) is 10.0. The van der Waals surface area contributed by atoms with Crippen molar-refractivity contribution >= 4 is 5.97 Å². The zero-order chi connectivity index (χ0) is 13.0. The molecule has 0 aliphatic heterocycles. The Bertz CT molecular complexity index is 551. The molecule has 2 heterocycles. The van der Waals surface area contributed by atoms with Crippen LogP contribution in [-0.4, -0.2) is 29.7 Å². The highest BCUT2D eigenvalue weighted by Crippen LogP contribution is 2.21. The van der Waals surface area contributed by atoms with E-state index in [1.54, 1.807) is 25.3 Å². The lowest BCUT2D eigenvalue weighted by Crippen LogP contribution is -2.04. The second kappa shape index (κ2) is 5.31. The fourth-order valence-electron chi connectivity index (χ4n) is 1.36. The van der Waals surface area contributed by atoms with Crippen LogP contribution in [0.25, 0.3) is 11.5 Å². The van der Waals surface area contributed by atoms with E-state index in [0.717, 1.165) is 0 Å². The summed E-state index contributed by atoms with van der Waals surface area (Å²) in [6.07, 6.45) is 2.84. The van der Waals surface area contributed by atoms with Crippen LogP contribution in [0.4, 0.5) is 0 Å². The Labute approximate surface area is 104 Å². The monoisotopic (exact) mass is 248 g/mol. The van der Waals surface area contributed by atoms with Gasteiger partial charge in [-0.25, -0.2) is 14.8 Å². The summed E-state index contributed by atoms with van der Waals surface area (Å²) >= 11 is 0. The number of ether oxygens (including phenoxy) is 2. The normalized spacial score (nSPS) is 10.1. The topological polar surface area (TPSA) is 74.5 Å². The molecule has 0 saturated carbocycles. The number of methoxy groups -OCH3 is 1. The van der Waals surface area contributed by atoms with Gasteiger partial charge in [0, 0.05) is 17.8 Å². The van der Waals surface area contributed by atoms with Crippen molar-refractivity contribution in [3.05, 3.63) is 30.3 Å². The van der Waals surface area contributed by atoms with Gasteiger partial charge in [-0.05, 0) is 13.0 Å². The summed E-state index contributed by atoms with van der Waals surface area (Å²) in [4.78, 5) is 19.5. The van der Waals surface area contributed by atoms with Gasteiger partial charge in [-0.3, -0.25) is 0 Å². The zero-order valence-corrected chi connectivity index (χ0v) is 10.0. The summed E-state index contributed by atoms with van der Waals surface area (Å²) in [5.41, 5.74) is 0.819. The number of nitrogens with zero attached hydrogens (tertiary/aromatic N) is 2.